The lowest BCUT2D eigenvalue weighted by atomic mass is 10.3. The van der Waals surface area contributed by atoms with Crippen LogP contribution in [-0.4, -0.2) is 18.6 Å². The van der Waals surface area contributed by atoms with Crippen molar-refractivity contribution in [2.45, 2.75) is 18.2 Å². The van der Waals surface area contributed by atoms with Crippen LogP contribution in [0.2, 0.25) is 5.02 Å². The van der Waals surface area contributed by atoms with Crippen molar-refractivity contribution in [1.82, 2.24) is 10.2 Å². The molecule has 0 atom stereocenters. The highest BCUT2D eigenvalue weighted by Crippen LogP contribution is 2.21. The monoisotopic (exact) mass is 303 g/mol. The van der Waals surface area contributed by atoms with Crippen molar-refractivity contribution < 1.29 is 12.8 Å². The summed E-state index contributed by atoms with van der Waals surface area (Å²) in [4.78, 5) is -0.474. The van der Waals surface area contributed by atoms with Crippen LogP contribution in [0.15, 0.2) is 29.2 Å². The summed E-state index contributed by atoms with van der Waals surface area (Å²) in [5.74, 6) is -0.794. The minimum absolute atomic E-state index is 0.117. The second-order valence-corrected chi connectivity index (χ2v) is 5.90. The number of sulfonamides is 1. The third kappa shape index (κ3) is 3.05. The van der Waals surface area contributed by atoms with Gasteiger partial charge in [-0.3, -0.25) is 9.82 Å². The summed E-state index contributed by atoms with van der Waals surface area (Å²) in [5.41, 5.74) is 0.772. The highest BCUT2D eigenvalue weighted by molar-refractivity contribution is 7.92. The van der Waals surface area contributed by atoms with Crippen LogP contribution in [-0.2, 0) is 16.4 Å². The Labute approximate surface area is 114 Å². The van der Waals surface area contributed by atoms with Gasteiger partial charge >= 0.3 is 0 Å². The zero-order chi connectivity index (χ0) is 14.0. The number of rotatable bonds is 4. The van der Waals surface area contributed by atoms with Gasteiger partial charge in [0.05, 0.1) is 0 Å². The van der Waals surface area contributed by atoms with Gasteiger partial charge in [0.25, 0.3) is 10.0 Å². The normalized spacial score (nSPS) is 11.5. The Morgan fingerprint density at radius 2 is 2.16 bits per heavy atom. The minimum atomic E-state index is -4.02. The predicted molar refractivity (Wildman–Crippen MR) is 70.2 cm³/mol. The van der Waals surface area contributed by atoms with Crippen molar-refractivity contribution in [3.05, 3.63) is 40.8 Å². The number of halogens is 2. The smallest absolute Gasteiger partial charge is 0.266 e. The van der Waals surface area contributed by atoms with Crippen molar-refractivity contribution >= 4 is 27.4 Å². The van der Waals surface area contributed by atoms with E-state index in [0.29, 0.717) is 6.42 Å². The molecule has 0 saturated carbocycles. The fourth-order valence-electron chi connectivity index (χ4n) is 1.48. The van der Waals surface area contributed by atoms with E-state index in [4.69, 9.17) is 11.6 Å². The van der Waals surface area contributed by atoms with E-state index in [0.717, 1.165) is 17.8 Å². The molecule has 0 bridgehead atoms. The molecular weight excluding hydrogens is 293 g/mol. The number of nitrogens with one attached hydrogen (secondary N) is 2. The van der Waals surface area contributed by atoms with E-state index in [-0.39, 0.29) is 10.8 Å². The summed E-state index contributed by atoms with van der Waals surface area (Å²) in [6.07, 6.45) is 0.685. The Hall–Kier alpha value is -1.60. The van der Waals surface area contributed by atoms with E-state index in [1.807, 2.05) is 6.92 Å². The number of anilines is 1. The molecule has 0 unspecified atom stereocenters. The number of aryl methyl sites for hydroxylation is 1. The van der Waals surface area contributed by atoms with E-state index in [1.54, 1.807) is 6.07 Å². The molecule has 1 heterocycles. The summed E-state index contributed by atoms with van der Waals surface area (Å²) in [7, 11) is -4.02. The summed E-state index contributed by atoms with van der Waals surface area (Å²) in [6.45, 7) is 1.89. The maximum absolute atomic E-state index is 13.6. The van der Waals surface area contributed by atoms with Crippen molar-refractivity contribution in [1.29, 1.82) is 0 Å². The van der Waals surface area contributed by atoms with E-state index < -0.39 is 20.7 Å². The molecule has 5 nitrogen and oxygen atoms in total. The number of hydrogen-bond acceptors (Lipinski definition) is 3. The molecule has 2 N–H and O–H groups in total. The first kappa shape index (κ1) is 13.8. The topological polar surface area (TPSA) is 74.8 Å². The first-order chi connectivity index (χ1) is 8.92. The molecule has 2 rings (SSSR count). The van der Waals surface area contributed by atoms with E-state index in [9.17, 15) is 12.8 Å². The van der Waals surface area contributed by atoms with Gasteiger partial charge in [-0.2, -0.15) is 5.10 Å². The molecular formula is C11H11ClFN3O2S. The molecule has 1 aromatic heterocycles. The lowest BCUT2D eigenvalue weighted by molar-refractivity contribution is 0.570. The van der Waals surface area contributed by atoms with Gasteiger partial charge in [0, 0.05) is 16.8 Å². The SMILES string of the molecule is CCc1cc(NS(=O)(=O)c2ccc(Cl)cc2F)n[nH]1. The molecule has 0 aliphatic rings. The van der Waals surface area contributed by atoms with E-state index in [1.165, 1.54) is 6.07 Å². The summed E-state index contributed by atoms with van der Waals surface area (Å²) in [5, 5.41) is 6.57. The number of nitrogens with zero attached hydrogens (tertiary/aromatic N) is 1. The van der Waals surface area contributed by atoms with Crippen LogP contribution in [0.5, 0.6) is 0 Å². The summed E-state index contributed by atoms with van der Waals surface area (Å²) >= 11 is 5.58. The molecule has 19 heavy (non-hydrogen) atoms. The average Bonchev–Trinajstić information content (AvgIpc) is 2.75. The molecule has 2 aromatic rings. The Morgan fingerprint density at radius 3 is 2.74 bits per heavy atom. The molecule has 0 radical (unpaired) electrons. The van der Waals surface area contributed by atoms with E-state index in [2.05, 4.69) is 14.9 Å². The molecule has 0 aliphatic carbocycles. The first-order valence-corrected chi connectivity index (χ1v) is 7.30. The predicted octanol–water partition coefficient (Wildman–Crippen LogP) is 2.57. The molecule has 0 fully saturated rings. The fraction of sp³-hybridized carbons (Fsp3) is 0.182. The number of aromatic nitrogens is 2. The molecule has 1 aromatic carbocycles. The highest BCUT2D eigenvalue weighted by Gasteiger charge is 2.20. The lowest BCUT2D eigenvalue weighted by Crippen LogP contribution is -2.14. The standard InChI is InChI=1S/C11H11ClFN3O2S/c1-2-8-6-11(15-14-8)16-19(17,18)10-4-3-7(12)5-9(10)13/h3-6H,2H2,1H3,(H2,14,15,16). The van der Waals surface area contributed by atoms with Crippen LogP contribution < -0.4 is 4.72 Å². The summed E-state index contributed by atoms with van der Waals surface area (Å²) in [6, 6.07) is 4.90. The van der Waals surface area contributed by atoms with Crippen LogP contribution in [0.4, 0.5) is 10.2 Å². The van der Waals surface area contributed by atoms with Gasteiger partial charge in [0.15, 0.2) is 5.82 Å². The lowest BCUT2D eigenvalue weighted by Gasteiger charge is -2.06. The number of H-pyrrole nitrogens is 1. The number of hydrogen-bond donors (Lipinski definition) is 2. The first-order valence-electron chi connectivity index (χ1n) is 5.44. The largest absolute Gasteiger partial charge is 0.280 e. The van der Waals surface area contributed by atoms with Gasteiger partial charge in [0.2, 0.25) is 0 Å². The third-order valence-electron chi connectivity index (χ3n) is 2.43. The Balaban J connectivity index is 2.32. The highest BCUT2D eigenvalue weighted by atomic mass is 35.5. The Morgan fingerprint density at radius 1 is 1.42 bits per heavy atom. The average molecular weight is 304 g/mol. The van der Waals surface area contributed by atoms with Gasteiger partial charge in [-0.1, -0.05) is 18.5 Å². The van der Waals surface area contributed by atoms with Crippen molar-refractivity contribution in [2.24, 2.45) is 0 Å². The van der Waals surface area contributed by atoms with Gasteiger partial charge in [-0.05, 0) is 24.6 Å². The van der Waals surface area contributed by atoms with Crippen molar-refractivity contribution in [2.75, 3.05) is 4.72 Å². The van der Waals surface area contributed by atoms with Gasteiger partial charge in [-0.15, -0.1) is 0 Å². The van der Waals surface area contributed by atoms with Crippen molar-refractivity contribution in [3.8, 4) is 0 Å². The number of aromatic amines is 1. The quantitative estimate of drug-likeness (QED) is 0.911. The molecule has 0 saturated heterocycles. The van der Waals surface area contributed by atoms with Crippen LogP contribution in [0.3, 0.4) is 0 Å². The molecule has 8 heteroatoms. The fourth-order valence-corrected chi connectivity index (χ4v) is 2.69. The second kappa shape index (κ2) is 5.18. The van der Waals surface area contributed by atoms with Crippen LogP contribution in [0, 0.1) is 5.82 Å². The number of benzene rings is 1. The Bertz CT molecular complexity index is 700. The third-order valence-corrected chi connectivity index (χ3v) is 4.06. The van der Waals surface area contributed by atoms with Gasteiger partial charge < -0.3 is 0 Å². The van der Waals surface area contributed by atoms with Crippen LogP contribution in [0.25, 0.3) is 0 Å². The van der Waals surface area contributed by atoms with Gasteiger partial charge in [-0.25, -0.2) is 12.8 Å². The minimum Gasteiger partial charge on any atom is -0.280 e. The maximum Gasteiger partial charge on any atom is 0.266 e. The van der Waals surface area contributed by atoms with Crippen LogP contribution >= 0.6 is 11.6 Å². The molecule has 102 valence electrons. The van der Waals surface area contributed by atoms with E-state index >= 15 is 0 Å². The Kier molecular flexibility index (Phi) is 3.77. The zero-order valence-corrected chi connectivity index (χ0v) is 11.5. The van der Waals surface area contributed by atoms with Gasteiger partial charge in [0.1, 0.15) is 10.7 Å². The van der Waals surface area contributed by atoms with Crippen molar-refractivity contribution in [3.63, 3.8) is 0 Å². The maximum atomic E-state index is 13.6. The second-order valence-electron chi connectivity index (χ2n) is 3.81. The molecule has 0 spiro atoms. The molecule has 0 aliphatic heterocycles. The zero-order valence-electron chi connectivity index (χ0n) is 9.94. The molecule has 0 amide bonds. The van der Waals surface area contributed by atoms with Crippen LogP contribution in [0.1, 0.15) is 12.6 Å². The summed E-state index contributed by atoms with van der Waals surface area (Å²) < 4.78 is 39.8.